The number of nitrogens with one attached hydrogen (secondary N) is 1. The Balaban J connectivity index is 2.09. The minimum Gasteiger partial charge on any atom is -0.380 e. The number of hydrogen-bond acceptors (Lipinski definition) is 3. The Morgan fingerprint density at radius 3 is 3.00 bits per heavy atom. The number of unbranched alkanes of at least 4 members (excludes halogenated alkanes) is 1. The van der Waals surface area contributed by atoms with Crippen LogP contribution < -0.4 is 5.32 Å². The molecule has 3 nitrogen and oxygen atoms in total. The van der Waals surface area contributed by atoms with E-state index in [9.17, 15) is 0 Å². The Bertz CT molecular complexity index is 264. The van der Waals surface area contributed by atoms with Gasteiger partial charge in [-0.15, -0.1) is 0 Å². The van der Waals surface area contributed by atoms with Gasteiger partial charge < -0.3 is 10.1 Å². The molecule has 0 amide bonds. The number of hydrogen-bond donors (Lipinski definition) is 1. The lowest BCUT2D eigenvalue weighted by molar-refractivity contribution is 0.131. The third kappa shape index (κ3) is 5.24. The smallest absolute Gasteiger partial charge is 0.0591 e. The number of rotatable bonds is 8. The highest BCUT2D eigenvalue weighted by atomic mass is 16.5. The second-order valence-electron chi connectivity index (χ2n) is 3.93. The fourth-order valence-electron chi connectivity index (χ4n) is 1.45. The molecule has 3 heteroatoms. The number of ether oxygens (including phenoxy) is 1. The van der Waals surface area contributed by atoms with Gasteiger partial charge in [-0.05, 0) is 25.0 Å². The maximum atomic E-state index is 5.48. The van der Waals surface area contributed by atoms with Crippen molar-refractivity contribution in [2.75, 3.05) is 19.8 Å². The standard InChI is InChI=1S/C13H22N2O/c1-3-4-9-16-10-8-15-12(2)13-6-5-7-14-11-13/h5-7,11-12,15H,3-4,8-10H2,1-2H3/t12-/m0/s1. The van der Waals surface area contributed by atoms with Crippen LogP contribution >= 0.6 is 0 Å². The quantitative estimate of drug-likeness (QED) is 0.686. The highest BCUT2D eigenvalue weighted by molar-refractivity contribution is 5.12. The molecule has 1 atom stereocenters. The predicted molar refractivity (Wildman–Crippen MR) is 66.4 cm³/mol. The van der Waals surface area contributed by atoms with E-state index in [-0.39, 0.29) is 0 Å². The molecule has 0 radical (unpaired) electrons. The van der Waals surface area contributed by atoms with Crippen LogP contribution in [-0.2, 0) is 4.74 Å². The van der Waals surface area contributed by atoms with Crippen LogP contribution in [0.25, 0.3) is 0 Å². The lowest BCUT2D eigenvalue weighted by Gasteiger charge is -2.13. The van der Waals surface area contributed by atoms with Crippen molar-refractivity contribution in [3.63, 3.8) is 0 Å². The normalized spacial score (nSPS) is 12.6. The van der Waals surface area contributed by atoms with Gasteiger partial charge in [0.2, 0.25) is 0 Å². The highest BCUT2D eigenvalue weighted by Gasteiger charge is 2.02. The summed E-state index contributed by atoms with van der Waals surface area (Å²) in [6.07, 6.45) is 6.04. The van der Waals surface area contributed by atoms with Crippen LogP contribution in [0.15, 0.2) is 24.5 Å². The van der Waals surface area contributed by atoms with E-state index in [0.717, 1.165) is 26.2 Å². The van der Waals surface area contributed by atoms with Crippen molar-refractivity contribution in [1.82, 2.24) is 10.3 Å². The van der Waals surface area contributed by atoms with Gasteiger partial charge in [-0.25, -0.2) is 0 Å². The zero-order chi connectivity index (χ0) is 11.6. The van der Waals surface area contributed by atoms with E-state index in [1.807, 2.05) is 12.3 Å². The molecule has 1 heterocycles. The molecule has 1 N–H and O–H groups in total. The summed E-state index contributed by atoms with van der Waals surface area (Å²) in [6, 6.07) is 4.39. The summed E-state index contributed by atoms with van der Waals surface area (Å²) in [5.41, 5.74) is 1.22. The van der Waals surface area contributed by atoms with Gasteiger partial charge >= 0.3 is 0 Å². The molecule has 0 aromatic carbocycles. The van der Waals surface area contributed by atoms with E-state index in [0.29, 0.717) is 6.04 Å². The molecule has 0 unspecified atom stereocenters. The van der Waals surface area contributed by atoms with Crippen LogP contribution in [0.2, 0.25) is 0 Å². The minimum atomic E-state index is 0.337. The van der Waals surface area contributed by atoms with Crippen molar-refractivity contribution in [1.29, 1.82) is 0 Å². The molecule has 1 aromatic rings. The summed E-state index contributed by atoms with van der Waals surface area (Å²) < 4.78 is 5.48. The molecule has 1 aromatic heterocycles. The number of aromatic nitrogens is 1. The van der Waals surface area contributed by atoms with Crippen LogP contribution in [0.5, 0.6) is 0 Å². The SMILES string of the molecule is CCCCOCCN[C@@H](C)c1cccnc1. The topological polar surface area (TPSA) is 34.1 Å². The summed E-state index contributed by atoms with van der Waals surface area (Å²) in [6.45, 7) is 6.86. The van der Waals surface area contributed by atoms with Crippen LogP contribution in [0.3, 0.4) is 0 Å². The zero-order valence-electron chi connectivity index (χ0n) is 10.3. The van der Waals surface area contributed by atoms with E-state index in [1.165, 1.54) is 12.0 Å². The Morgan fingerprint density at radius 1 is 1.44 bits per heavy atom. The monoisotopic (exact) mass is 222 g/mol. The van der Waals surface area contributed by atoms with E-state index in [1.54, 1.807) is 6.20 Å². The average Bonchev–Trinajstić information content (AvgIpc) is 2.34. The summed E-state index contributed by atoms with van der Waals surface area (Å²) >= 11 is 0. The van der Waals surface area contributed by atoms with E-state index < -0.39 is 0 Å². The fraction of sp³-hybridized carbons (Fsp3) is 0.615. The van der Waals surface area contributed by atoms with Gasteiger partial charge in [0.15, 0.2) is 0 Å². The molecular formula is C13H22N2O. The fourth-order valence-corrected chi connectivity index (χ4v) is 1.45. The third-order valence-corrected chi connectivity index (χ3v) is 2.52. The van der Waals surface area contributed by atoms with Gasteiger partial charge in [0.25, 0.3) is 0 Å². The predicted octanol–water partition coefficient (Wildman–Crippen LogP) is 2.55. The molecule has 0 spiro atoms. The van der Waals surface area contributed by atoms with E-state index >= 15 is 0 Å². The van der Waals surface area contributed by atoms with Crippen molar-refractivity contribution in [3.05, 3.63) is 30.1 Å². The van der Waals surface area contributed by atoms with Gasteiger partial charge in [-0.1, -0.05) is 19.4 Å². The Hall–Kier alpha value is -0.930. The van der Waals surface area contributed by atoms with Gasteiger partial charge in [0.05, 0.1) is 6.61 Å². The Kier molecular flexibility index (Phi) is 6.77. The molecule has 0 aliphatic rings. The number of nitrogens with zero attached hydrogens (tertiary/aromatic N) is 1. The second kappa shape index (κ2) is 8.25. The molecule has 0 saturated carbocycles. The van der Waals surface area contributed by atoms with Crippen molar-refractivity contribution in [2.24, 2.45) is 0 Å². The first kappa shape index (κ1) is 13.1. The Labute approximate surface area is 98.2 Å². The van der Waals surface area contributed by atoms with Crippen molar-refractivity contribution >= 4 is 0 Å². The van der Waals surface area contributed by atoms with Crippen molar-refractivity contribution < 1.29 is 4.74 Å². The van der Waals surface area contributed by atoms with Crippen LogP contribution in [-0.4, -0.2) is 24.7 Å². The summed E-state index contributed by atoms with van der Waals surface area (Å²) in [4.78, 5) is 4.10. The first-order chi connectivity index (χ1) is 7.84. The first-order valence-electron chi connectivity index (χ1n) is 6.05. The van der Waals surface area contributed by atoms with E-state index in [2.05, 4.69) is 30.2 Å². The van der Waals surface area contributed by atoms with E-state index in [4.69, 9.17) is 4.74 Å². The molecule has 0 aliphatic heterocycles. The number of pyridine rings is 1. The molecule has 16 heavy (non-hydrogen) atoms. The summed E-state index contributed by atoms with van der Waals surface area (Å²) in [5, 5.41) is 3.41. The molecular weight excluding hydrogens is 200 g/mol. The van der Waals surface area contributed by atoms with Crippen LogP contribution in [0, 0.1) is 0 Å². The molecule has 0 fully saturated rings. The van der Waals surface area contributed by atoms with Crippen LogP contribution in [0.4, 0.5) is 0 Å². The molecule has 0 aliphatic carbocycles. The average molecular weight is 222 g/mol. The summed E-state index contributed by atoms with van der Waals surface area (Å²) in [5.74, 6) is 0. The highest BCUT2D eigenvalue weighted by Crippen LogP contribution is 2.08. The molecule has 0 saturated heterocycles. The first-order valence-corrected chi connectivity index (χ1v) is 6.05. The second-order valence-corrected chi connectivity index (χ2v) is 3.93. The van der Waals surface area contributed by atoms with Gasteiger partial charge in [-0.2, -0.15) is 0 Å². The van der Waals surface area contributed by atoms with Crippen molar-refractivity contribution in [2.45, 2.75) is 32.7 Å². The van der Waals surface area contributed by atoms with Crippen molar-refractivity contribution in [3.8, 4) is 0 Å². The lowest BCUT2D eigenvalue weighted by atomic mass is 10.1. The molecule has 0 bridgehead atoms. The summed E-state index contributed by atoms with van der Waals surface area (Å²) in [7, 11) is 0. The lowest BCUT2D eigenvalue weighted by Crippen LogP contribution is -2.23. The zero-order valence-corrected chi connectivity index (χ0v) is 10.3. The third-order valence-electron chi connectivity index (χ3n) is 2.52. The maximum absolute atomic E-state index is 5.48. The van der Waals surface area contributed by atoms with Gasteiger partial charge in [0, 0.05) is 31.6 Å². The largest absolute Gasteiger partial charge is 0.380 e. The Morgan fingerprint density at radius 2 is 2.31 bits per heavy atom. The minimum absolute atomic E-state index is 0.337. The molecule has 90 valence electrons. The van der Waals surface area contributed by atoms with Gasteiger partial charge in [0.1, 0.15) is 0 Å². The molecule has 1 rings (SSSR count). The van der Waals surface area contributed by atoms with Gasteiger partial charge in [-0.3, -0.25) is 4.98 Å². The maximum Gasteiger partial charge on any atom is 0.0591 e. The van der Waals surface area contributed by atoms with Crippen LogP contribution in [0.1, 0.15) is 38.3 Å².